The van der Waals surface area contributed by atoms with Crippen molar-refractivity contribution in [1.82, 2.24) is 0 Å². The Morgan fingerprint density at radius 2 is 2.40 bits per heavy atom. The van der Waals surface area contributed by atoms with Crippen LogP contribution in [0.3, 0.4) is 0 Å². The smallest absolute Gasteiger partial charge is 0.161 e. The van der Waals surface area contributed by atoms with Crippen molar-refractivity contribution in [2.75, 3.05) is 7.11 Å². The summed E-state index contributed by atoms with van der Waals surface area (Å²) in [5, 5.41) is 0. The lowest BCUT2D eigenvalue weighted by Gasteiger charge is -2.02. The molecule has 1 rings (SSSR count). The molecule has 56 valence electrons. The summed E-state index contributed by atoms with van der Waals surface area (Å²) in [6.45, 7) is 1.85. The summed E-state index contributed by atoms with van der Waals surface area (Å²) < 4.78 is 10.0. The number of nitrogens with two attached hydrogens (primary N) is 1. The largest absolute Gasteiger partial charge is 0.493 e. The normalized spacial score (nSPS) is 13.1. The van der Waals surface area contributed by atoms with Crippen molar-refractivity contribution in [1.29, 1.82) is 0 Å². The van der Waals surface area contributed by atoms with Crippen LogP contribution in [0.1, 0.15) is 18.7 Å². The lowest BCUT2D eigenvalue weighted by atomic mass is 10.2. The van der Waals surface area contributed by atoms with Gasteiger partial charge < -0.3 is 14.9 Å². The Hall–Kier alpha value is -0.960. The number of furan rings is 1. The van der Waals surface area contributed by atoms with Gasteiger partial charge in [-0.1, -0.05) is 0 Å². The van der Waals surface area contributed by atoms with Gasteiger partial charge in [0.1, 0.15) is 0 Å². The second-order valence-electron chi connectivity index (χ2n) is 2.14. The molecule has 0 aliphatic heterocycles. The average molecular weight is 141 g/mol. The van der Waals surface area contributed by atoms with Crippen molar-refractivity contribution in [3.63, 3.8) is 0 Å². The van der Waals surface area contributed by atoms with Crippen LogP contribution < -0.4 is 10.5 Å². The lowest BCUT2D eigenvalue weighted by Crippen LogP contribution is -2.04. The topological polar surface area (TPSA) is 48.4 Å². The van der Waals surface area contributed by atoms with Gasteiger partial charge in [-0.05, 0) is 6.92 Å². The van der Waals surface area contributed by atoms with Gasteiger partial charge in [-0.2, -0.15) is 0 Å². The fourth-order valence-electron chi connectivity index (χ4n) is 0.810. The first-order valence-electron chi connectivity index (χ1n) is 3.12. The lowest BCUT2D eigenvalue weighted by molar-refractivity contribution is 0.381. The fraction of sp³-hybridized carbons (Fsp3) is 0.429. The molecule has 1 atom stereocenters. The van der Waals surface area contributed by atoms with Gasteiger partial charge in [-0.15, -0.1) is 0 Å². The third kappa shape index (κ3) is 1.14. The van der Waals surface area contributed by atoms with E-state index in [1.807, 2.05) is 6.92 Å². The van der Waals surface area contributed by atoms with Crippen molar-refractivity contribution >= 4 is 0 Å². The highest BCUT2D eigenvalue weighted by molar-refractivity contribution is 5.26. The Labute approximate surface area is 59.8 Å². The van der Waals surface area contributed by atoms with Crippen molar-refractivity contribution in [2.45, 2.75) is 13.0 Å². The van der Waals surface area contributed by atoms with Gasteiger partial charge in [0.05, 0.1) is 19.4 Å². The van der Waals surface area contributed by atoms with E-state index in [9.17, 15) is 0 Å². The van der Waals surface area contributed by atoms with Crippen LogP contribution in [0.5, 0.6) is 5.75 Å². The van der Waals surface area contributed by atoms with Crippen molar-refractivity contribution < 1.29 is 9.15 Å². The quantitative estimate of drug-likeness (QED) is 0.675. The Morgan fingerprint density at radius 1 is 1.70 bits per heavy atom. The zero-order valence-electron chi connectivity index (χ0n) is 6.13. The SMILES string of the molecule is COc1ccoc1C(C)N. The van der Waals surface area contributed by atoms with Gasteiger partial charge in [0, 0.05) is 6.07 Å². The predicted octanol–water partition coefficient (Wildman–Crippen LogP) is 1.31. The van der Waals surface area contributed by atoms with E-state index in [0.29, 0.717) is 5.76 Å². The number of hydrogen-bond donors (Lipinski definition) is 1. The summed E-state index contributed by atoms with van der Waals surface area (Å²) in [5.74, 6) is 1.41. The monoisotopic (exact) mass is 141 g/mol. The Bertz CT molecular complexity index is 205. The van der Waals surface area contributed by atoms with E-state index in [-0.39, 0.29) is 6.04 Å². The average Bonchev–Trinajstić information content (AvgIpc) is 2.33. The minimum atomic E-state index is -0.107. The number of ether oxygens (including phenoxy) is 1. The van der Waals surface area contributed by atoms with Crippen LogP contribution in [-0.4, -0.2) is 7.11 Å². The van der Waals surface area contributed by atoms with E-state index in [1.165, 1.54) is 0 Å². The molecule has 2 N–H and O–H groups in total. The molecule has 0 saturated heterocycles. The third-order valence-corrected chi connectivity index (χ3v) is 1.29. The summed E-state index contributed by atoms with van der Waals surface area (Å²) in [5.41, 5.74) is 5.56. The molecule has 0 amide bonds. The molecule has 3 heteroatoms. The highest BCUT2D eigenvalue weighted by Crippen LogP contribution is 2.23. The highest BCUT2D eigenvalue weighted by Gasteiger charge is 2.09. The van der Waals surface area contributed by atoms with Crippen LogP contribution >= 0.6 is 0 Å². The first-order chi connectivity index (χ1) is 4.75. The summed E-state index contributed by atoms with van der Waals surface area (Å²) in [7, 11) is 1.59. The maximum absolute atomic E-state index is 5.56. The summed E-state index contributed by atoms with van der Waals surface area (Å²) in [4.78, 5) is 0. The van der Waals surface area contributed by atoms with Crippen LogP contribution in [0.15, 0.2) is 16.7 Å². The second kappa shape index (κ2) is 2.75. The molecule has 0 aliphatic rings. The minimum absolute atomic E-state index is 0.107. The molecule has 0 aromatic carbocycles. The van der Waals surface area contributed by atoms with E-state index in [2.05, 4.69) is 0 Å². The molecule has 1 unspecified atom stereocenters. The Balaban J connectivity index is 2.90. The molecular formula is C7H11NO2. The molecule has 0 fully saturated rings. The molecular weight excluding hydrogens is 130 g/mol. The first kappa shape index (κ1) is 7.15. The molecule has 0 radical (unpaired) electrons. The standard InChI is InChI=1S/C7H11NO2/c1-5(8)7-6(9-2)3-4-10-7/h3-5H,8H2,1-2H3. The molecule has 10 heavy (non-hydrogen) atoms. The zero-order chi connectivity index (χ0) is 7.56. The maximum Gasteiger partial charge on any atom is 0.161 e. The van der Waals surface area contributed by atoms with Gasteiger partial charge in [0.2, 0.25) is 0 Å². The van der Waals surface area contributed by atoms with Gasteiger partial charge >= 0.3 is 0 Å². The van der Waals surface area contributed by atoms with Crippen LogP contribution in [0.2, 0.25) is 0 Å². The molecule has 0 aliphatic carbocycles. The van der Waals surface area contributed by atoms with Crippen molar-refractivity contribution in [3.05, 3.63) is 18.1 Å². The summed E-state index contributed by atoms with van der Waals surface area (Å²) in [6.07, 6.45) is 1.57. The van der Waals surface area contributed by atoms with Gasteiger partial charge in [0.15, 0.2) is 11.5 Å². The third-order valence-electron chi connectivity index (χ3n) is 1.29. The van der Waals surface area contributed by atoms with E-state index in [4.69, 9.17) is 14.9 Å². The van der Waals surface area contributed by atoms with E-state index in [1.54, 1.807) is 19.4 Å². The van der Waals surface area contributed by atoms with E-state index in [0.717, 1.165) is 5.75 Å². The van der Waals surface area contributed by atoms with Gasteiger partial charge in [0.25, 0.3) is 0 Å². The molecule has 0 spiro atoms. The van der Waals surface area contributed by atoms with Crippen LogP contribution in [0.4, 0.5) is 0 Å². The van der Waals surface area contributed by atoms with E-state index >= 15 is 0 Å². The molecule has 1 aromatic rings. The Morgan fingerprint density at radius 3 is 2.80 bits per heavy atom. The minimum Gasteiger partial charge on any atom is -0.493 e. The summed E-state index contributed by atoms with van der Waals surface area (Å²) in [6, 6.07) is 1.64. The van der Waals surface area contributed by atoms with Crippen LogP contribution in [0.25, 0.3) is 0 Å². The van der Waals surface area contributed by atoms with Gasteiger partial charge in [-0.3, -0.25) is 0 Å². The molecule has 0 bridgehead atoms. The number of hydrogen-bond acceptors (Lipinski definition) is 3. The number of rotatable bonds is 2. The van der Waals surface area contributed by atoms with E-state index < -0.39 is 0 Å². The molecule has 1 heterocycles. The Kier molecular flexibility index (Phi) is 1.97. The molecule has 3 nitrogen and oxygen atoms in total. The molecule has 1 aromatic heterocycles. The van der Waals surface area contributed by atoms with Crippen molar-refractivity contribution in [3.8, 4) is 5.75 Å². The highest BCUT2D eigenvalue weighted by atomic mass is 16.5. The number of methoxy groups -OCH3 is 1. The van der Waals surface area contributed by atoms with Crippen molar-refractivity contribution in [2.24, 2.45) is 5.73 Å². The first-order valence-corrected chi connectivity index (χ1v) is 3.12. The second-order valence-corrected chi connectivity index (χ2v) is 2.14. The zero-order valence-corrected chi connectivity index (χ0v) is 6.13. The van der Waals surface area contributed by atoms with Crippen LogP contribution in [0, 0.1) is 0 Å². The fourth-order valence-corrected chi connectivity index (χ4v) is 0.810. The molecule has 0 saturated carbocycles. The predicted molar refractivity (Wildman–Crippen MR) is 37.9 cm³/mol. The van der Waals surface area contributed by atoms with Crippen LogP contribution in [-0.2, 0) is 0 Å². The van der Waals surface area contributed by atoms with Gasteiger partial charge in [-0.25, -0.2) is 0 Å². The maximum atomic E-state index is 5.56. The summed E-state index contributed by atoms with van der Waals surface area (Å²) >= 11 is 0.